The van der Waals surface area contributed by atoms with Gasteiger partial charge in [-0.05, 0) is 50.5 Å². The smallest absolute Gasteiger partial charge is 0.413 e. The van der Waals surface area contributed by atoms with Gasteiger partial charge in [-0.1, -0.05) is 30.3 Å². The lowest BCUT2D eigenvalue weighted by atomic mass is 10.0. The molecule has 2 fully saturated rings. The normalized spacial score (nSPS) is 18.2. The maximum atomic E-state index is 12.3. The van der Waals surface area contributed by atoms with Gasteiger partial charge in [0.05, 0.1) is 13.2 Å². The second kappa shape index (κ2) is 11.9. The van der Waals surface area contributed by atoms with Crippen molar-refractivity contribution < 1.29 is 14.3 Å². The zero-order valence-corrected chi connectivity index (χ0v) is 19.0. The first kappa shape index (κ1) is 23.4. The van der Waals surface area contributed by atoms with Crippen LogP contribution in [-0.4, -0.2) is 77.4 Å². The SMILES string of the molecule is O=C(Nc1ccn(CCCN2CCC(N3CCOCC3)CC2)c(=O)n1)OCc1ccccc1. The van der Waals surface area contributed by atoms with Crippen LogP contribution in [0.25, 0.3) is 0 Å². The second-order valence-electron chi connectivity index (χ2n) is 8.55. The minimum Gasteiger partial charge on any atom is -0.444 e. The Kier molecular flexibility index (Phi) is 8.46. The molecule has 4 rings (SSSR count). The van der Waals surface area contributed by atoms with Crippen LogP contribution in [-0.2, 0) is 22.6 Å². The van der Waals surface area contributed by atoms with Gasteiger partial charge in [-0.25, -0.2) is 9.59 Å². The van der Waals surface area contributed by atoms with E-state index in [1.807, 2.05) is 30.3 Å². The van der Waals surface area contributed by atoms with E-state index < -0.39 is 6.09 Å². The highest BCUT2D eigenvalue weighted by Crippen LogP contribution is 2.18. The maximum Gasteiger partial charge on any atom is 0.413 e. The summed E-state index contributed by atoms with van der Waals surface area (Å²) in [6.07, 6.45) is 4.32. The molecule has 0 aliphatic carbocycles. The van der Waals surface area contributed by atoms with Crippen LogP contribution >= 0.6 is 0 Å². The number of carbonyl (C=O) groups is 1. The summed E-state index contributed by atoms with van der Waals surface area (Å²) in [4.78, 5) is 33.3. The number of ether oxygens (including phenoxy) is 2. The molecular weight excluding hydrogens is 422 g/mol. The quantitative estimate of drug-likeness (QED) is 0.653. The summed E-state index contributed by atoms with van der Waals surface area (Å²) >= 11 is 0. The number of hydrogen-bond donors (Lipinski definition) is 1. The average Bonchev–Trinajstić information content (AvgIpc) is 2.86. The van der Waals surface area contributed by atoms with Crippen molar-refractivity contribution in [2.24, 2.45) is 0 Å². The first-order valence-corrected chi connectivity index (χ1v) is 11.8. The Morgan fingerprint density at radius 3 is 2.55 bits per heavy atom. The highest BCUT2D eigenvalue weighted by molar-refractivity contribution is 5.83. The summed E-state index contributed by atoms with van der Waals surface area (Å²) in [5.41, 5.74) is 0.517. The summed E-state index contributed by atoms with van der Waals surface area (Å²) in [7, 11) is 0. The van der Waals surface area contributed by atoms with Crippen molar-refractivity contribution in [3.8, 4) is 0 Å². The first-order valence-electron chi connectivity index (χ1n) is 11.8. The minimum atomic E-state index is -0.635. The second-order valence-corrected chi connectivity index (χ2v) is 8.55. The molecule has 0 atom stereocenters. The van der Waals surface area contributed by atoms with Crippen molar-refractivity contribution >= 4 is 11.9 Å². The Morgan fingerprint density at radius 2 is 1.82 bits per heavy atom. The van der Waals surface area contributed by atoms with E-state index in [-0.39, 0.29) is 18.1 Å². The van der Waals surface area contributed by atoms with Crippen molar-refractivity contribution in [1.29, 1.82) is 0 Å². The number of amides is 1. The minimum absolute atomic E-state index is 0.160. The standard InChI is InChI=1S/C24H33N5O4/c30-23-25-22(26-24(31)33-19-20-5-2-1-3-6-20)9-14-29(23)11-4-10-27-12-7-21(8-13-27)28-15-17-32-18-16-28/h1-3,5-6,9,14,21H,4,7-8,10-13,15-19H2,(H,25,26,30,31). The van der Waals surface area contributed by atoms with Crippen molar-refractivity contribution in [1.82, 2.24) is 19.4 Å². The van der Waals surface area contributed by atoms with Crippen LogP contribution in [0.3, 0.4) is 0 Å². The predicted molar refractivity (Wildman–Crippen MR) is 125 cm³/mol. The molecule has 1 aromatic heterocycles. The maximum absolute atomic E-state index is 12.3. The highest BCUT2D eigenvalue weighted by Gasteiger charge is 2.25. The van der Waals surface area contributed by atoms with E-state index in [9.17, 15) is 9.59 Å². The number of morpholine rings is 1. The van der Waals surface area contributed by atoms with Crippen LogP contribution in [0.4, 0.5) is 10.6 Å². The Hall–Kier alpha value is -2.75. The lowest BCUT2D eigenvalue weighted by Crippen LogP contribution is -2.49. The summed E-state index contributed by atoms with van der Waals surface area (Å²) < 4.78 is 12.2. The van der Waals surface area contributed by atoms with E-state index in [1.54, 1.807) is 16.8 Å². The van der Waals surface area contributed by atoms with Crippen LogP contribution in [0.15, 0.2) is 47.4 Å². The van der Waals surface area contributed by atoms with Gasteiger partial charge in [-0.3, -0.25) is 14.8 Å². The largest absolute Gasteiger partial charge is 0.444 e. The van der Waals surface area contributed by atoms with Gasteiger partial charge in [0.1, 0.15) is 12.4 Å². The third-order valence-corrected chi connectivity index (χ3v) is 6.31. The molecule has 0 radical (unpaired) electrons. The number of rotatable bonds is 8. The molecule has 9 nitrogen and oxygen atoms in total. The van der Waals surface area contributed by atoms with Gasteiger partial charge in [-0.2, -0.15) is 4.98 Å². The lowest BCUT2D eigenvalue weighted by molar-refractivity contribution is 0.000767. The zero-order chi connectivity index (χ0) is 22.9. The first-order chi connectivity index (χ1) is 16.2. The predicted octanol–water partition coefficient (Wildman–Crippen LogP) is 2.18. The Morgan fingerprint density at radius 1 is 1.06 bits per heavy atom. The molecule has 2 saturated heterocycles. The number of likely N-dealkylation sites (tertiary alicyclic amines) is 1. The molecule has 0 unspecified atom stereocenters. The molecule has 2 aliphatic heterocycles. The number of aromatic nitrogens is 2. The molecule has 1 N–H and O–H groups in total. The fourth-order valence-electron chi connectivity index (χ4n) is 4.45. The molecule has 178 valence electrons. The summed E-state index contributed by atoms with van der Waals surface area (Å²) in [6.45, 7) is 7.74. The van der Waals surface area contributed by atoms with Gasteiger partial charge >= 0.3 is 11.8 Å². The monoisotopic (exact) mass is 455 g/mol. The van der Waals surface area contributed by atoms with Crippen molar-refractivity contribution in [2.75, 3.05) is 51.3 Å². The number of aryl methyl sites for hydroxylation is 1. The fraction of sp³-hybridized carbons (Fsp3) is 0.542. The lowest BCUT2D eigenvalue weighted by Gasteiger charge is -2.40. The van der Waals surface area contributed by atoms with Gasteiger partial charge in [0.25, 0.3) is 0 Å². The molecular formula is C24H33N5O4. The molecule has 2 aromatic rings. The van der Waals surface area contributed by atoms with E-state index in [0.29, 0.717) is 12.6 Å². The van der Waals surface area contributed by atoms with Gasteiger partial charge in [0.15, 0.2) is 0 Å². The Labute approximate surface area is 194 Å². The van der Waals surface area contributed by atoms with E-state index in [4.69, 9.17) is 9.47 Å². The molecule has 0 bridgehead atoms. The molecule has 0 saturated carbocycles. The zero-order valence-electron chi connectivity index (χ0n) is 19.0. The van der Waals surface area contributed by atoms with Crippen LogP contribution in [0.2, 0.25) is 0 Å². The average molecular weight is 456 g/mol. The third-order valence-electron chi connectivity index (χ3n) is 6.31. The van der Waals surface area contributed by atoms with Crippen molar-refractivity contribution in [3.63, 3.8) is 0 Å². The van der Waals surface area contributed by atoms with Gasteiger partial charge in [0, 0.05) is 31.9 Å². The van der Waals surface area contributed by atoms with E-state index in [1.165, 1.54) is 12.8 Å². The topological polar surface area (TPSA) is 88.9 Å². The number of piperidine rings is 1. The molecule has 0 spiro atoms. The molecule has 1 amide bonds. The summed E-state index contributed by atoms with van der Waals surface area (Å²) in [5.74, 6) is 0.194. The summed E-state index contributed by atoms with van der Waals surface area (Å²) in [5, 5.41) is 2.51. The van der Waals surface area contributed by atoms with E-state index in [2.05, 4.69) is 20.1 Å². The van der Waals surface area contributed by atoms with Crippen LogP contribution in [0, 0.1) is 0 Å². The summed E-state index contributed by atoms with van der Waals surface area (Å²) in [6, 6.07) is 11.7. The number of hydrogen-bond acceptors (Lipinski definition) is 7. The third kappa shape index (κ3) is 7.12. The molecule has 33 heavy (non-hydrogen) atoms. The number of nitrogens with zero attached hydrogens (tertiary/aromatic N) is 4. The number of carbonyl (C=O) groups excluding carboxylic acids is 1. The van der Waals surface area contributed by atoms with Crippen molar-refractivity contribution in [2.45, 2.75) is 38.5 Å². The van der Waals surface area contributed by atoms with Crippen LogP contribution < -0.4 is 11.0 Å². The Balaban J connectivity index is 1.16. The molecule has 2 aliphatic rings. The fourth-order valence-corrected chi connectivity index (χ4v) is 4.45. The molecule has 9 heteroatoms. The van der Waals surface area contributed by atoms with E-state index >= 15 is 0 Å². The van der Waals surface area contributed by atoms with Crippen LogP contribution in [0.5, 0.6) is 0 Å². The Bertz CT molecular complexity index is 937. The van der Waals surface area contributed by atoms with Gasteiger partial charge < -0.3 is 14.4 Å². The number of nitrogens with one attached hydrogen (secondary N) is 1. The van der Waals surface area contributed by atoms with E-state index in [0.717, 1.165) is 57.9 Å². The number of anilines is 1. The van der Waals surface area contributed by atoms with Gasteiger partial charge in [0.2, 0.25) is 0 Å². The number of benzene rings is 1. The van der Waals surface area contributed by atoms with Gasteiger partial charge in [-0.15, -0.1) is 0 Å². The van der Waals surface area contributed by atoms with Crippen molar-refractivity contribution in [3.05, 3.63) is 58.6 Å². The molecule has 1 aromatic carbocycles. The highest BCUT2D eigenvalue weighted by atomic mass is 16.5. The van der Waals surface area contributed by atoms with Crippen LogP contribution in [0.1, 0.15) is 24.8 Å². The molecule has 3 heterocycles.